The molecule has 0 radical (unpaired) electrons. The summed E-state index contributed by atoms with van der Waals surface area (Å²) in [5, 5.41) is 0. The van der Waals surface area contributed by atoms with Gasteiger partial charge in [0.15, 0.2) is 0 Å². The maximum atomic E-state index is 12.9. The van der Waals surface area contributed by atoms with Gasteiger partial charge in [-0.05, 0) is 50.6 Å². The van der Waals surface area contributed by atoms with Crippen LogP contribution in [-0.4, -0.2) is 24.5 Å². The normalized spacial score (nSPS) is 21.3. The molecule has 2 nitrogen and oxygen atoms in total. The lowest BCUT2D eigenvalue weighted by atomic mass is 9.92. The van der Waals surface area contributed by atoms with E-state index >= 15 is 0 Å². The molecule has 1 aromatic rings. The van der Waals surface area contributed by atoms with Gasteiger partial charge in [-0.1, -0.05) is 25.0 Å². The molecule has 0 amide bonds. The third kappa shape index (κ3) is 3.53. The van der Waals surface area contributed by atoms with Gasteiger partial charge in [-0.15, -0.1) is 0 Å². The second kappa shape index (κ2) is 5.81. The van der Waals surface area contributed by atoms with Crippen molar-refractivity contribution in [1.82, 2.24) is 4.90 Å². The molecule has 0 aliphatic carbocycles. The Hall–Kier alpha value is -0.930. The Morgan fingerprint density at radius 2 is 1.67 bits per heavy atom. The lowest BCUT2D eigenvalue weighted by Gasteiger charge is -2.32. The summed E-state index contributed by atoms with van der Waals surface area (Å²) in [5.74, 6) is -0.204. The van der Waals surface area contributed by atoms with Crippen molar-refractivity contribution >= 4 is 0 Å². The van der Waals surface area contributed by atoms with Crippen LogP contribution >= 0.6 is 0 Å². The van der Waals surface area contributed by atoms with E-state index in [0.29, 0.717) is 0 Å². The predicted octanol–water partition coefficient (Wildman–Crippen LogP) is 2.88. The molecule has 1 aliphatic heterocycles. The maximum absolute atomic E-state index is 12.9. The van der Waals surface area contributed by atoms with Crippen LogP contribution < -0.4 is 5.73 Å². The van der Waals surface area contributed by atoms with E-state index in [9.17, 15) is 4.39 Å². The van der Waals surface area contributed by atoms with Crippen molar-refractivity contribution in [3.63, 3.8) is 0 Å². The van der Waals surface area contributed by atoms with Crippen molar-refractivity contribution in [2.45, 2.75) is 38.1 Å². The highest BCUT2D eigenvalue weighted by atomic mass is 19.1. The van der Waals surface area contributed by atoms with Crippen molar-refractivity contribution < 1.29 is 4.39 Å². The highest BCUT2D eigenvalue weighted by molar-refractivity contribution is 5.24. The number of benzene rings is 1. The topological polar surface area (TPSA) is 29.3 Å². The molecular formula is C15H23FN2. The molecule has 0 spiro atoms. The Morgan fingerprint density at radius 1 is 1.11 bits per heavy atom. The first-order chi connectivity index (χ1) is 8.58. The molecule has 3 heteroatoms. The highest BCUT2D eigenvalue weighted by Gasteiger charge is 2.24. The van der Waals surface area contributed by atoms with Gasteiger partial charge < -0.3 is 10.6 Å². The van der Waals surface area contributed by atoms with Crippen molar-refractivity contribution in [3.8, 4) is 0 Å². The van der Waals surface area contributed by atoms with E-state index in [1.54, 1.807) is 12.1 Å². The van der Waals surface area contributed by atoms with Gasteiger partial charge in [0.2, 0.25) is 0 Å². The summed E-state index contributed by atoms with van der Waals surface area (Å²) in [6, 6.07) is 6.58. The average molecular weight is 250 g/mol. The zero-order chi connectivity index (χ0) is 13.0. The fourth-order valence-corrected chi connectivity index (χ4v) is 2.68. The average Bonchev–Trinajstić information content (AvgIpc) is 2.57. The van der Waals surface area contributed by atoms with Crippen LogP contribution in [0.5, 0.6) is 0 Å². The molecule has 1 unspecified atom stereocenters. The molecular weight excluding hydrogens is 227 g/mol. The minimum Gasteiger partial charge on any atom is -0.321 e. The Labute approximate surface area is 109 Å². The van der Waals surface area contributed by atoms with Gasteiger partial charge in [0.25, 0.3) is 0 Å². The number of hydrogen-bond acceptors (Lipinski definition) is 2. The van der Waals surface area contributed by atoms with E-state index in [0.717, 1.165) is 25.2 Å². The molecule has 2 rings (SSSR count). The van der Waals surface area contributed by atoms with Crippen LogP contribution in [0.2, 0.25) is 0 Å². The first kappa shape index (κ1) is 13.5. The van der Waals surface area contributed by atoms with Gasteiger partial charge in [0.05, 0.1) is 5.54 Å². The van der Waals surface area contributed by atoms with Gasteiger partial charge in [-0.3, -0.25) is 0 Å². The monoisotopic (exact) mass is 250 g/mol. The summed E-state index contributed by atoms with van der Waals surface area (Å²) < 4.78 is 12.9. The van der Waals surface area contributed by atoms with Crippen LogP contribution in [0.15, 0.2) is 24.3 Å². The standard InChI is InChI=1S/C15H23FN2/c1-15(17,13-6-8-14(16)9-7-13)12-18-10-4-2-3-5-11-18/h6-9H,2-5,10-12,17H2,1H3. The molecule has 1 aliphatic rings. The zero-order valence-electron chi connectivity index (χ0n) is 11.2. The van der Waals surface area contributed by atoms with Crippen molar-refractivity contribution in [2.75, 3.05) is 19.6 Å². The van der Waals surface area contributed by atoms with Gasteiger partial charge in [-0.2, -0.15) is 0 Å². The minimum absolute atomic E-state index is 0.204. The van der Waals surface area contributed by atoms with Gasteiger partial charge in [-0.25, -0.2) is 4.39 Å². The second-order valence-corrected chi connectivity index (χ2v) is 5.61. The van der Waals surface area contributed by atoms with Crippen LogP contribution in [0.3, 0.4) is 0 Å². The summed E-state index contributed by atoms with van der Waals surface area (Å²) in [7, 11) is 0. The van der Waals surface area contributed by atoms with Crippen LogP contribution in [-0.2, 0) is 5.54 Å². The molecule has 1 heterocycles. The Kier molecular flexibility index (Phi) is 4.36. The summed E-state index contributed by atoms with van der Waals surface area (Å²) in [5.41, 5.74) is 7.01. The Balaban J connectivity index is 2.03. The fraction of sp³-hybridized carbons (Fsp3) is 0.600. The fourth-order valence-electron chi connectivity index (χ4n) is 2.68. The minimum atomic E-state index is -0.405. The quantitative estimate of drug-likeness (QED) is 0.893. The van der Waals surface area contributed by atoms with E-state index < -0.39 is 5.54 Å². The smallest absolute Gasteiger partial charge is 0.123 e. The second-order valence-electron chi connectivity index (χ2n) is 5.61. The first-order valence-corrected chi connectivity index (χ1v) is 6.85. The molecule has 1 fully saturated rings. The van der Waals surface area contributed by atoms with E-state index in [4.69, 9.17) is 5.73 Å². The first-order valence-electron chi connectivity index (χ1n) is 6.85. The van der Waals surface area contributed by atoms with Crippen LogP contribution in [0.1, 0.15) is 38.2 Å². The zero-order valence-corrected chi connectivity index (χ0v) is 11.2. The van der Waals surface area contributed by atoms with Gasteiger partial charge >= 0.3 is 0 Å². The number of hydrogen-bond donors (Lipinski definition) is 1. The Morgan fingerprint density at radius 3 is 2.22 bits per heavy atom. The molecule has 1 atom stereocenters. The van der Waals surface area contributed by atoms with Gasteiger partial charge in [0.1, 0.15) is 5.82 Å². The number of likely N-dealkylation sites (tertiary alicyclic amines) is 1. The number of nitrogens with two attached hydrogens (primary N) is 1. The van der Waals surface area contributed by atoms with E-state index in [2.05, 4.69) is 4.90 Å². The van der Waals surface area contributed by atoms with E-state index in [1.807, 2.05) is 6.92 Å². The van der Waals surface area contributed by atoms with Gasteiger partial charge in [0, 0.05) is 6.54 Å². The summed E-state index contributed by atoms with van der Waals surface area (Å²) in [4.78, 5) is 2.44. The number of halogens is 1. The van der Waals surface area contributed by atoms with Crippen LogP contribution in [0, 0.1) is 5.82 Å². The van der Waals surface area contributed by atoms with Crippen molar-refractivity contribution in [1.29, 1.82) is 0 Å². The SMILES string of the molecule is CC(N)(CN1CCCCCC1)c1ccc(F)cc1. The summed E-state index contributed by atoms with van der Waals surface area (Å²) in [6.45, 7) is 5.14. The molecule has 0 aromatic heterocycles. The largest absolute Gasteiger partial charge is 0.321 e. The number of nitrogens with zero attached hydrogens (tertiary/aromatic N) is 1. The van der Waals surface area contributed by atoms with Crippen molar-refractivity contribution in [3.05, 3.63) is 35.6 Å². The molecule has 2 N–H and O–H groups in total. The number of rotatable bonds is 3. The molecule has 100 valence electrons. The molecule has 1 aromatic carbocycles. The van der Waals surface area contributed by atoms with E-state index in [-0.39, 0.29) is 5.82 Å². The van der Waals surface area contributed by atoms with Crippen LogP contribution in [0.4, 0.5) is 4.39 Å². The molecule has 0 saturated carbocycles. The molecule has 0 bridgehead atoms. The third-order valence-electron chi connectivity index (χ3n) is 3.75. The summed E-state index contributed by atoms with van der Waals surface area (Å²) in [6.07, 6.45) is 5.18. The predicted molar refractivity (Wildman–Crippen MR) is 72.8 cm³/mol. The third-order valence-corrected chi connectivity index (χ3v) is 3.75. The lowest BCUT2D eigenvalue weighted by molar-refractivity contribution is 0.224. The van der Waals surface area contributed by atoms with Crippen molar-refractivity contribution in [2.24, 2.45) is 5.73 Å². The van der Waals surface area contributed by atoms with E-state index in [1.165, 1.54) is 37.8 Å². The molecule has 18 heavy (non-hydrogen) atoms. The summed E-state index contributed by atoms with van der Waals surface area (Å²) >= 11 is 0. The lowest BCUT2D eigenvalue weighted by Crippen LogP contribution is -2.45. The molecule has 1 saturated heterocycles. The van der Waals surface area contributed by atoms with Crippen LogP contribution in [0.25, 0.3) is 0 Å². The maximum Gasteiger partial charge on any atom is 0.123 e. The highest BCUT2D eigenvalue weighted by Crippen LogP contribution is 2.21. The Bertz CT molecular complexity index is 365.